The number of halogens is 1. The third-order valence-electron chi connectivity index (χ3n) is 1.75. The van der Waals surface area contributed by atoms with Crippen molar-refractivity contribution in [2.45, 2.75) is 27.7 Å². The molecule has 0 saturated carbocycles. The molecule has 0 rings (SSSR count). The number of hydrogen-bond acceptors (Lipinski definition) is 1. The van der Waals surface area contributed by atoms with Crippen LogP contribution in [0.25, 0.3) is 0 Å². The summed E-state index contributed by atoms with van der Waals surface area (Å²) >= 11 is 5.83. The highest BCUT2D eigenvalue weighted by atomic mass is 35.5. The topological polar surface area (TPSA) is 12.4 Å². The molecular weight excluding hydrogens is 170 g/mol. The molecule has 0 unspecified atom stereocenters. The second-order valence-corrected chi connectivity index (χ2v) is 4.21. The summed E-state index contributed by atoms with van der Waals surface area (Å²) in [6, 6.07) is 0. The van der Waals surface area contributed by atoms with Gasteiger partial charge in [-0.15, -0.1) is 0 Å². The average Bonchev–Trinajstić information content (AvgIpc) is 1.85. The Balaban J connectivity index is 4.57. The lowest BCUT2D eigenvalue weighted by molar-refractivity contribution is 0.504. The van der Waals surface area contributed by atoms with Crippen LogP contribution >= 0.6 is 11.6 Å². The van der Waals surface area contributed by atoms with Crippen molar-refractivity contribution in [2.75, 3.05) is 0 Å². The van der Waals surface area contributed by atoms with Gasteiger partial charge in [0, 0.05) is 6.20 Å². The van der Waals surface area contributed by atoms with E-state index in [1.807, 2.05) is 6.08 Å². The van der Waals surface area contributed by atoms with Crippen LogP contribution in [0.3, 0.4) is 0 Å². The molecule has 0 aliphatic heterocycles. The van der Waals surface area contributed by atoms with Gasteiger partial charge in [-0.05, 0) is 25.1 Å². The molecule has 0 saturated heterocycles. The third-order valence-corrected chi connectivity index (χ3v) is 1.96. The van der Waals surface area contributed by atoms with Crippen molar-refractivity contribution in [3.63, 3.8) is 0 Å². The van der Waals surface area contributed by atoms with Gasteiger partial charge in [0.15, 0.2) is 0 Å². The first kappa shape index (κ1) is 11.4. The summed E-state index contributed by atoms with van der Waals surface area (Å²) in [5.41, 5.74) is 1.39. The maximum atomic E-state index is 5.83. The van der Waals surface area contributed by atoms with Crippen molar-refractivity contribution >= 4 is 18.3 Å². The summed E-state index contributed by atoms with van der Waals surface area (Å²) < 4.78 is 0. The van der Waals surface area contributed by atoms with Crippen molar-refractivity contribution in [1.29, 1.82) is 0 Å². The highest BCUT2D eigenvalue weighted by molar-refractivity contribution is 6.31. The molecule has 0 bridgehead atoms. The summed E-state index contributed by atoms with van der Waals surface area (Å²) in [4.78, 5) is 3.58. The van der Waals surface area contributed by atoms with Crippen LogP contribution in [0.5, 0.6) is 0 Å². The Hall–Kier alpha value is -0.560. The highest BCUT2D eigenvalue weighted by Gasteiger charge is 2.11. The van der Waals surface area contributed by atoms with Gasteiger partial charge in [-0.1, -0.05) is 37.9 Å². The number of aliphatic imine (C=N–C) groups is 1. The second-order valence-electron chi connectivity index (χ2n) is 3.77. The van der Waals surface area contributed by atoms with Gasteiger partial charge in [0.2, 0.25) is 0 Å². The van der Waals surface area contributed by atoms with Gasteiger partial charge in [0.25, 0.3) is 0 Å². The maximum absolute atomic E-state index is 5.83. The fourth-order valence-corrected chi connectivity index (χ4v) is 0.780. The van der Waals surface area contributed by atoms with E-state index in [1.54, 1.807) is 0 Å². The van der Waals surface area contributed by atoms with Gasteiger partial charge in [-0.3, -0.25) is 4.99 Å². The zero-order valence-corrected chi connectivity index (χ0v) is 8.94. The smallest absolute Gasteiger partial charge is 0.0588 e. The van der Waals surface area contributed by atoms with Gasteiger partial charge in [0.1, 0.15) is 0 Å². The van der Waals surface area contributed by atoms with E-state index < -0.39 is 0 Å². The molecular formula is C10H16ClN. The van der Waals surface area contributed by atoms with Crippen molar-refractivity contribution in [1.82, 2.24) is 0 Å². The SMILES string of the molecule is C=N/C=C(Cl)\C=C(/C)C(C)(C)C. The molecule has 0 fully saturated rings. The highest BCUT2D eigenvalue weighted by Crippen LogP contribution is 2.26. The Morgan fingerprint density at radius 1 is 1.42 bits per heavy atom. The normalized spacial score (nSPS) is 14.8. The lowest BCUT2D eigenvalue weighted by atomic mass is 9.87. The minimum absolute atomic E-state index is 0.162. The molecule has 68 valence electrons. The van der Waals surface area contributed by atoms with Gasteiger partial charge in [-0.2, -0.15) is 0 Å². The van der Waals surface area contributed by atoms with Crippen molar-refractivity contribution < 1.29 is 0 Å². The fraction of sp³-hybridized carbons (Fsp3) is 0.500. The zero-order chi connectivity index (χ0) is 9.78. The molecule has 0 heterocycles. The predicted molar refractivity (Wildman–Crippen MR) is 56.7 cm³/mol. The fourth-order valence-electron chi connectivity index (χ4n) is 0.548. The number of nitrogens with zero attached hydrogens (tertiary/aromatic N) is 1. The minimum Gasteiger partial charge on any atom is -0.271 e. The monoisotopic (exact) mass is 185 g/mol. The van der Waals surface area contributed by atoms with Crippen LogP contribution in [0.2, 0.25) is 0 Å². The minimum atomic E-state index is 0.162. The number of allylic oxidation sites excluding steroid dienone is 3. The predicted octanol–water partition coefficient (Wildman–Crippen LogP) is 3.76. The standard InChI is InChI=1S/C10H16ClN/c1-8(10(2,3)4)6-9(11)7-12-5/h6-7H,5H2,1-4H3/b8-6+,9-7+. The van der Waals surface area contributed by atoms with E-state index in [-0.39, 0.29) is 5.41 Å². The summed E-state index contributed by atoms with van der Waals surface area (Å²) in [5, 5.41) is 0.623. The van der Waals surface area contributed by atoms with Gasteiger partial charge in [0.05, 0.1) is 5.03 Å². The van der Waals surface area contributed by atoms with Crippen LogP contribution in [0.1, 0.15) is 27.7 Å². The molecule has 0 aliphatic rings. The molecule has 0 N–H and O–H groups in total. The van der Waals surface area contributed by atoms with Gasteiger partial charge < -0.3 is 0 Å². The molecule has 0 amide bonds. The maximum Gasteiger partial charge on any atom is 0.0588 e. The summed E-state index contributed by atoms with van der Waals surface area (Å²) in [6.07, 6.45) is 3.45. The lowest BCUT2D eigenvalue weighted by Crippen LogP contribution is -2.06. The van der Waals surface area contributed by atoms with Crippen LogP contribution in [0, 0.1) is 5.41 Å². The largest absolute Gasteiger partial charge is 0.271 e. The summed E-state index contributed by atoms with van der Waals surface area (Å²) in [7, 11) is 0. The first-order valence-corrected chi connectivity index (χ1v) is 4.26. The molecule has 0 spiro atoms. The van der Waals surface area contributed by atoms with Crippen LogP contribution in [0.4, 0.5) is 0 Å². The van der Waals surface area contributed by atoms with E-state index in [2.05, 4.69) is 39.4 Å². The van der Waals surface area contributed by atoms with Crippen LogP contribution in [-0.2, 0) is 0 Å². The zero-order valence-electron chi connectivity index (χ0n) is 8.19. The third kappa shape index (κ3) is 4.35. The Morgan fingerprint density at radius 2 is 1.92 bits per heavy atom. The molecule has 0 radical (unpaired) electrons. The Bertz CT molecular complexity index is 218. The number of rotatable bonds is 2. The van der Waals surface area contributed by atoms with E-state index in [9.17, 15) is 0 Å². The van der Waals surface area contributed by atoms with Crippen LogP contribution < -0.4 is 0 Å². The Morgan fingerprint density at radius 3 is 2.25 bits per heavy atom. The molecule has 0 atom stereocenters. The van der Waals surface area contributed by atoms with Gasteiger partial charge >= 0.3 is 0 Å². The van der Waals surface area contributed by atoms with Crippen molar-refractivity contribution in [3.8, 4) is 0 Å². The summed E-state index contributed by atoms with van der Waals surface area (Å²) in [5.74, 6) is 0. The van der Waals surface area contributed by atoms with E-state index in [4.69, 9.17) is 11.6 Å². The molecule has 1 nitrogen and oxygen atoms in total. The van der Waals surface area contributed by atoms with Crippen molar-refractivity contribution in [3.05, 3.63) is 22.9 Å². The molecule has 0 aromatic rings. The first-order chi connectivity index (χ1) is 5.38. The Kier molecular flexibility index (Phi) is 4.25. The number of hydrogen-bond donors (Lipinski definition) is 0. The quantitative estimate of drug-likeness (QED) is 0.459. The summed E-state index contributed by atoms with van der Waals surface area (Å²) in [6.45, 7) is 11.8. The van der Waals surface area contributed by atoms with E-state index in [0.29, 0.717) is 5.03 Å². The second kappa shape index (κ2) is 4.46. The molecule has 0 aromatic carbocycles. The molecule has 12 heavy (non-hydrogen) atoms. The molecule has 0 aliphatic carbocycles. The average molecular weight is 186 g/mol. The molecule has 2 heteroatoms. The van der Waals surface area contributed by atoms with E-state index >= 15 is 0 Å². The lowest BCUT2D eigenvalue weighted by Gasteiger charge is -2.19. The Labute approximate surface area is 79.8 Å². The van der Waals surface area contributed by atoms with Crippen molar-refractivity contribution in [2.24, 2.45) is 10.4 Å². The van der Waals surface area contributed by atoms with Gasteiger partial charge in [-0.25, -0.2) is 0 Å². The van der Waals surface area contributed by atoms with Crippen LogP contribution in [-0.4, -0.2) is 6.72 Å². The van der Waals surface area contributed by atoms with E-state index in [1.165, 1.54) is 11.8 Å². The molecule has 0 aromatic heterocycles. The van der Waals surface area contributed by atoms with Crippen LogP contribution in [0.15, 0.2) is 27.9 Å². The van der Waals surface area contributed by atoms with E-state index in [0.717, 1.165) is 0 Å². The first-order valence-electron chi connectivity index (χ1n) is 3.88.